The zero-order valence-electron chi connectivity index (χ0n) is 12.2. The first-order chi connectivity index (χ1) is 8.74. The summed E-state index contributed by atoms with van der Waals surface area (Å²) in [4.78, 5) is 13.5. The van der Waals surface area contributed by atoms with E-state index in [2.05, 4.69) is 11.8 Å². The predicted octanol–water partition coefficient (Wildman–Crippen LogP) is 2.47. The normalized spacial score (nSPS) is 10.9. The van der Waals surface area contributed by atoms with Crippen LogP contribution in [0, 0.1) is 0 Å². The van der Waals surface area contributed by atoms with E-state index in [-0.39, 0.29) is 5.97 Å². The fourth-order valence-corrected chi connectivity index (χ4v) is 1.78. The van der Waals surface area contributed by atoms with Gasteiger partial charge in [-0.2, -0.15) is 0 Å². The molecule has 0 aromatic heterocycles. The maximum atomic E-state index is 11.1. The monoisotopic (exact) mass is 259 g/mol. The lowest BCUT2D eigenvalue weighted by Crippen LogP contribution is -2.28. The molecule has 0 aliphatic rings. The number of esters is 1. The van der Waals surface area contributed by atoms with Gasteiger partial charge in [-0.25, -0.2) is 0 Å². The van der Waals surface area contributed by atoms with E-state index in [0.717, 1.165) is 52.1 Å². The van der Waals surface area contributed by atoms with Crippen LogP contribution in [-0.4, -0.2) is 50.3 Å². The van der Waals surface area contributed by atoms with Gasteiger partial charge in [-0.1, -0.05) is 13.3 Å². The molecule has 0 radical (unpaired) electrons. The van der Waals surface area contributed by atoms with Crippen LogP contribution in [-0.2, 0) is 14.3 Å². The van der Waals surface area contributed by atoms with Gasteiger partial charge in [-0.05, 0) is 39.8 Å². The van der Waals surface area contributed by atoms with Crippen LogP contribution in [0.5, 0.6) is 0 Å². The van der Waals surface area contributed by atoms with Crippen LogP contribution in [0.15, 0.2) is 0 Å². The number of nitrogens with zero attached hydrogens (tertiary/aromatic N) is 1. The second-order valence-electron chi connectivity index (χ2n) is 4.25. The van der Waals surface area contributed by atoms with Crippen molar-refractivity contribution in [3.8, 4) is 0 Å². The maximum Gasteiger partial charge on any atom is 0.305 e. The molecule has 0 rings (SSSR count). The van der Waals surface area contributed by atoms with Crippen LogP contribution in [0.3, 0.4) is 0 Å². The molecule has 0 spiro atoms. The van der Waals surface area contributed by atoms with Gasteiger partial charge in [0.2, 0.25) is 0 Å². The largest absolute Gasteiger partial charge is 0.466 e. The van der Waals surface area contributed by atoms with Crippen LogP contribution >= 0.6 is 0 Å². The Hall–Kier alpha value is -0.610. The van der Waals surface area contributed by atoms with Crippen molar-refractivity contribution < 1.29 is 14.3 Å². The summed E-state index contributed by atoms with van der Waals surface area (Å²) in [6.07, 6.45) is 3.71. The summed E-state index contributed by atoms with van der Waals surface area (Å²) < 4.78 is 10.2. The Labute approximate surface area is 112 Å². The average molecular weight is 259 g/mol. The highest BCUT2D eigenvalue weighted by Crippen LogP contribution is 2.03. The van der Waals surface area contributed by atoms with Gasteiger partial charge in [0.15, 0.2) is 0 Å². The number of hydrogen-bond donors (Lipinski definition) is 0. The van der Waals surface area contributed by atoms with Crippen LogP contribution in [0.25, 0.3) is 0 Å². The number of unbranched alkanes of at least 4 members (excludes halogenated alkanes) is 2. The van der Waals surface area contributed by atoms with E-state index in [1.54, 1.807) is 0 Å². The highest BCUT2D eigenvalue weighted by atomic mass is 16.5. The Balaban J connectivity index is 3.41. The van der Waals surface area contributed by atoms with Crippen LogP contribution in [0.2, 0.25) is 0 Å². The molecule has 108 valence electrons. The van der Waals surface area contributed by atoms with E-state index in [4.69, 9.17) is 9.47 Å². The number of likely N-dealkylation sites (N-methyl/N-ethyl adjacent to an activating group) is 1. The second-order valence-corrected chi connectivity index (χ2v) is 4.25. The first-order valence-corrected chi connectivity index (χ1v) is 7.20. The molecule has 0 bridgehead atoms. The minimum Gasteiger partial charge on any atom is -0.466 e. The van der Waals surface area contributed by atoms with E-state index in [1.807, 2.05) is 13.8 Å². The van der Waals surface area contributed by atoms with Crippen molar-refractivity contribution in [3.05, 3.63) is 0 Å². The van der Waals surface area contributed by atoms with Crippen LogP contribution in [0.1, 0.15) is 46.5 Å². The van der Waals surface area contributed by atoms with E-state index in [9.17, 15) is 4.79 Å². The molecule has 0 amide bonds. The van der Waals surface area contributed by atoms with Gasteiger partial charge in [-0.3, -0.25) is 4.79 Å². The standard InChI is InChI=1S/C14H29NO3/c1-4-15(12-13-17-5-2)11-9-7-8-10-14(16)18-6-3/h4-13H2,1-3H3. The van der Waals surface area contributed by atoms with E-state index in [0.29, 0.717) is 13.0 Å². The molecule has 0 aromatic carbocycles. The van der Waals surface area contributed by atoms with Crippen LogP contribution < -0.4 is 0 Å². The quantitative estimate of drug-likeness (QED) is 0.399. The third-order valence-electron chi connectivity index (χ3n) is 2.86. The molecule has 0 atom stereocenters. The molecule has 0 aliphatic carbocycles. The molecule has 0 fully saturated rings. The Morgan fingerprint density at radius 1 is 1.00 bits per heavy atom. The molecule has 0 unspecified atom stereocenters. The fraction of sp³-hybridized carbons (Fsp3) is 0.929. The zero-order valence-corrected chi connectivity index (χ0v) is 12.2. The zero-order chi connectivity index (χ0) is 13.6. The van der Waals surface area contributed by atoms with Gasteiger partial charge >= 0.3 is 5.97 Å². The summed E-state index contributed by atoms with van der Waals surface area (Å²) >= 11 is 0. The van der Waals surface area contributed by atoms with Crippen molar-refractivity contribution in [3.63, 3.8) is 0 Å². The Bertz CT molecular complexity index is 197. The Morgan fingerprint density at radius 3 is 2.39 bits per heavy atom. The topological polar surface area (TPSA) is 38.8 Å². The smallest absolute Gasteiger partial charge is 0.305 e. The number of carbonyl (C=O) groups excluding carboxylic acids is 1. The van der Waals surface area contributed by atoms with Gasteiger partial charge in [0.05, 0.1) is 13.2 Å². The minimum atomic E-state index is -0.0683. The highest BCUT2D eigenvalue weighted by Gasteiger charge is 2.03. The summed E-state index contributed by atoms with van der Waals surface area (Å²) in [5, 5.41) is 0. The molecule has 18 heavy (non-hydrogen) atoms. The SMILES string of the molecule is CCOCCN(CC)CCCCCC(=O)OCC. The third-order valence-corrected chi connectivity index (χ3v) is 2.86. The Morgan fingerprint density at radius 2 is 1.78 bits per heavy atom. The summed E-state index contributed by atoms with van der Waals surface area (Å²) in [7, 11) is 0. The van der Waals surface area contributed by atoms with Gasteiger partial charge < -0.3 is 14.4 Å². The van der Waals surface area contributed by atoms with Crippen molar-refractivity contribution in [1.29, 1.82) is 0 Å². The lowest BCUT2D eigenvalue weighted by molar-refractivity contribution is -0.143. The van der Waals surface area contributed by atoms with Crippen molar-refractivity contribution in [1.82, 2.24) is 4.90 Å². The summed E-state index contributed by atoms with van der Waals surface area (Å²) in [6, 6.07) is 0. The maximum absolute atomic E-state index is 11.1. The number of hydrogen-bond acceptors (Lipinski definition) is 4. The van der Waals surface area contributed by atoms with Crippen molar-refractivity contribution >= 4 is 5.97 Å². The van der Waals surface area contributed by atoms with Crippen molar-refractivity contribution in [2.75, 3.05) is 39.5 Å². The van der Waals surface area contributed by atoms with Gasteiger partial charge in [0.25, 0.3) is 0 Å². The lowest BCUT2D eigenvalue weighted by atomic mass is 10.2. The Kier molecular flexibility index (Phi) is 12.4. The van der Waals surface area contributed by atoms with E-state index >= 15 is 0 Å². The van der Waals surface area contributed by atoms with Gasteiger partial charge in [0, 0.05) is 19.6 Å². The molecule has 0 saturated heterocycles. The van der Waals surface area contributed by atoms with E-state index in [1.165, 1.54) is 0 Å². The molecule has 0 aromatic rings. The van der Waals surface area contributed by atoms with Crippen molar-refractivity contribution in [2.45, 2.75) is 46.5 Å². The highest BCUT2D eigenvalue weighted by molar-refractivity contribution is 5.69. The molecular formula is C14H29NO3. The molecule has 0 N–H and O–H groups in total. The van der Waals surface area contributed by atoms with Crippen LogP contribution in [0.4, 0.5) is 0 Å². The number of ether oxygens (including phenoxy) is 2. The number of rotatable bonds is 12. The first kappa shape index (κ1) is 17.4. The van der Waals surface area contributed by atoms with Gasteiger partial charge in [0.1, 0.15) is 0 Å². The fourth-order valence-electron chi connectivity index (χ4n) is 1.78. The molecule has 0 heterocycles. The summed E-state index contributed by atoms with van der Waals surface area (Å²) in [5.41, 5.74) is 0. The molecule has 4 nitrogen and oxygen atoms in total. The number of carbonyl (C=O) groups is 1. The third kappa shape index (κ3) is 10.5. The first-order valence-electron chi connectivity index (χ1n) is 7.20. The molecule has 0 saturated carbocycles. The van der Waals surface area contributed by atoms with E-state index < -0.39 is 0 Å². The molecule has 4 heteroatoms. The lowest BCUT2D eigenvalue weighted by Gasteiger charge is -2.19. The van der Waals surface area contributed by atoms with Crippen molar-refractivity contribution in [2.24, 2.45) is 0 Å². The predicted molar refractivity (Wildman–Crippen MR) is 73.7 cm³/mol. The average Bonchev–Trinajstić information content (AvgIpc) is 2.36. The summed E-state index contributed by atoms with van der Waals surface area (Å²) in [5.74, 6) is -0.0683. The second kappa shape index (κ2) is 12.8. The minimum absolute atomic E-state index is 0.0683. The van der Waals surface area contributed by atoms with Gasteiger partial charge in [-0.15, -0.1) is 0 Å². The molecular weight excluding hydrogens is 230 g/mol. The summed E-state index contributed by atoms with van der Waals surface area (Å²) in [6.45, 7) is 11.3. The molecule has 0 aliphatic heterocycles.